The molecule has 0 spiro atoms. The number of amides is 2. The third-order valence-corrected chi connectivity index (χ3v) is 5.30. The van der Waals surface area contributed by atoms with Crippen LogP contribution in [0.4, 0.5) is 5.69 Å². The van der Waals surface area contributed by atoms with Crippen LogP contribution in [0.25, 0.3) is 0 Å². The van der Waals surface area contributed by atoms with Gasteiger partial charge in [-0.05, 0) is 62.8 Å². The monoisotopic (exact) mass is 364 g/mol. The van der Waals surface area contributed by atoms with E-state index in [9.17, 15) is 9.59 Å². The van der Waals surface area contributed by atoms with Crippen LogP contribution < -0.4 is 10.6 Å². The lowest BCUT2D eigenvalue weighted by Crippen LogP contribution is -2.35. The van der Waals surface area contributed by atoms with Crippen molar-refractivity contribution in [3.8, 4) is 0 Å². The molecule has 2 aromatic carbocycles. The molecule has 27 heavy (non-hydrogen) atoms. The van der Waals surface area contributed by atoms with Gasteiger partial charge in [0.15, 0.2) is 0 Å². The Balaban J connectivity index is 1.45. The highest BCUT2D eigenvalue weighted by atomic mass is 16.2. The van der Waals surface area contributed by atoms with E-state index in [2.05, 4.69) is 29.7 Å². The first kappa shape index (κ1) is 19.2. The Bertz CT molecular complexity index is 808. The standard InChI is InChI=1S/C23H28N2O2/c1-16-5-3-7-18(13-16)15-24-22(26)19-9-11-20(12-10-19)23(27)25-21-8-4-6-17(2)14-21/h3-8,13-14,19-20H,9-12,15H2,1-2H3,(H,24,26)(H,25,27). The summed E-state index contributed by atoms with van der Waals surface area (Å²) >= 11 is 0. The average Bonchev–Trinajstić information content (AvgIpc) is 2.66. The first-order valence-corrected chi connectivity index (χ1v) is 9.72. The maximum absolute atomic E-state index is 12.5. The maximum atomic E-state index is 12.5. The topological polar surface area (TPSA) is 58.2 Å². The quantitative estimate of drug-likeness (QED) is 0.828. The molecule has 2 amide bonds. The molecule has 2 aromatic rings. The largest absolute Gasteiger partial charge is 0.352 e. The molecule has 0 atom stereocenters. The van der Waals surface area contributed by atoms with E-state index >= 15 is 0 Å². The summed E-state index contributed by atoms with van der Waals surface area (Å²) < 4.78 is 0. The van der Waals surface area contributed by atoms with E-state index in [0.29, 0.717) is 6.54 Å². The molecule has 1 saturated carbocycles. The van der Waals surface area contributed by atoms with Gasteiger partial charge in [-0.2, -0.15) is 0 Å². The lowest BCUT2D eigenvalue weighted by atomic mass is 9.81. The summed E-state index contributed by atoms with van der Waals surface area (Å²) in [5, 5.41) is 6.06. The second-order valence-corrected chi connectivity index (χ2v) is 7.61. The van der Waals surface area contributed by atoms with Crippen LogP contribution in [0.1, 0.15) is 42.4 Å². The first-order chi connectivity index (χ1) is 13.0. The minimum absolute atomic E-state index is 0.00802. The number of nitrogens with one attached hydrogen (secondary N) is 2. The Hall–Kier alpha value is -2.62. The van der Waals surface area contributed by atoms with Crippen molar-refractivity contribution in [3.63, 3.8) is 0 Å². The van der Waals surface area contributed by atoms with Crippen molar-refractivity contribution in [2.24, 2.45) is 11.8 Å². The molecule has 0 saturated heterocycles. The zero-order valence-electron chi connectivity index (χ0n) is 16.1. The Morgan fingerprint density at radius 2 is 1.44 bits per heavy atom. The van der Waals surface area contributed by atoms with Crippen LogP contribution in [0.15, 0.2) is 48.5 Å². The molecule has 3 rings (SSSR count). The third kappa shape index (κ3) is 5.43. The Kier molecular flexibility index (Phi) is 6.28. The summed E-state index contributed by atoms with van der Waals surface area (Å²) in [7, 11) is 0. The minimum atomic E-state index is -0.00802. The lowest BCUT2D eigenvalue weighted by molar-refractivity contribution is -0.128. The van der Waals surface area contributed by atoms with Crippen LogP contribution in [0.2, 0.25) is 0 Å². The van der Waals surface area contributed by atoms with E-state index in [1.54, 1.807) is 0 Å². The SMILES string of the molecule is Cc1cccc(CNC(=O)C2CCC(C(=O)Nc3cccc(C)c3)CC2)c1. The number of hydrogen-bond donors (Lipinski definition) is 2. The number of anilines is 1. The summed E-state index contributed by atoms with van der Waals surface area (Å²) in [6, 6.07) is 16.0. The first-order valence-electron chi connectivity index (χ1n) is 9.72. The lowest BCUT2D eigenvalue weighted by Gasteiger charge is -2.27. The van der Waals surface area contributed by atoms with Crippen molar-refractivity contribution in [2.45, 2.75) is 46.1 Å². The van der Waals surface area contributed by atoms with Crippen LogP contribution in [-0.4, -0.2) is 11.8 Å². The van der Waals surface area contributed by atoms with Crippen molar-refractivity contribution in [1.82, 2.24) is 5.32 Å². The zero-order valence-corrected chi connectivity index (χ0v) is 16.1. The molecule has 4 heteroatoms. The number of rotatable bonds is 5. The second kappa shape index (κ2) is 8.85. The van der Waals surface area contributed by atoms with Crippen LogP contribution in [0.5, 0.6) is 0 Å². The van der Waals surface area contributed by atoms with Gasteiger partial charge in [-0.25, -0.2) is 0 Å². The van der Waals surface area contributed by atoms with Crippen molar-refractivity contribution in [2.75, 3.05) is 5.32 Å². The molecule has 1 aliphatic carbocycles. The Morgan fingerprint density at radius 1 is 0.852 bits per heavy atom. The van der Waals surface area contributed by atoms with Crippen LogP contribution in [0, 0.1) is 25.7 Å². The summed E-state index contributed by atoms with van der Waals surface area (Å²) in [5.74, 6) is 0.178. The van der Waals surface area contributed by atoms with Crippen molar-refractivity contribution < 1.29 is 9.59 Å². The fourth-order valence-electron chi connectivity index (χ4n) is 3.74. The number of benzene rings is 2. The van der Waals surface area contributed by atoms with Crippen molar-refractivity contribution in [3.05, 3.63) is 65.2 Å². The van der Waals surface area contributed by atoms with E-state index in [0.717, 1.165) is 42.5 Å². The van der Waals surface area contributed by atoms with Crippen molar-refractivity contribution >= 4 is 17.5 Å². The fraction of sp³-hybridized carbons (Fsp3) is 0.391. The summed E-state index contributed by atoms with van der Waals surface area (Å²) in [6.07, 6.45) is 3.07. The normalized spacial score (nSPS) is 19.3. The van der Waals surface area contributed by atoms with Gasteiger partial charge in [0.2, 0.25) is 11.8 Å². The van der Waals surface area contributed by atoms with E-state index < -0.39 is 0 Å². The summed E-state index contributed by atoms with van der Waals surface area (Å²) in [4.78, 5) is 24.9. The molecule has 0 bridgehead atoms. The highest BCUT2D eigenvalue weighted by Gasteiger charge is 2.29. The molecule has 142 valence electrons. The summed E-state index contributed by atoms with van der Waals surface area (Å²) in [6.45, 7) is 4.62. The molecule has 0 unspecified atom stereocenters. The van der Waals surface area contributed by atoms with Gasteiger partial charge in [0, 0.05) is 24.1 Å². The van der Waals surface area contributed by atoms with Crippen LogP contribution in [-0.2, 0) is 16.1 Å². The Morgan fingerprint density at radius 3 is 2.07 bits per heavy atom. The van der Waals surface area contributed by atoms with Gasteiger partial charge in [0.05, 0.1) is 0 Å². The number of carbonyl (C=O) groups excluding carboxylic acids is 2. The highest BCUT2D eigenvalue weighted by molar-refractivity contribution is 5.92. The predicted molar refractivity (Wildman–Crippen MR) is 108 cm³/mol. The molecule has 1 aliphatic rings. The third-order valence-electron chi connectivity index (χ3n) is 5.30. The smallest absolute Gasteiger partial charge is 0.227 e. The number of aryl methyl sites for hydroxylation is 2. The minimum Gasteiger partial charge on any atom is -0.352 e. The van der Waals surface area contributed by atoms with Gasteiger partial charge >= 0.3 is 0 Å². The molecular weight excluding hydrogens is 336 g/mol. The molecule has 0 aliphatic heterocycles. The average molecular weight is 364 g/mol. The van der Waals surface area contributed by atoms with Gasteiger partial charge in [-0.1, -0.05) is 42.0 Å². The van der Waals surface area contributed by atoms with E-state index in [4.69, 9.17) is 0 Å². The summed E-state index contributed by atoms with van der Waals surface area (Å²) in [5.41, 5.74) is 4.29. The highest BCUT2D eigenvalue weighted by Crippen LogP contribution is 2.30. The zero-order chi connectivity index (χ0) is 19.2. The predicted octanol–water partition coefficient (Wildman–Crippen LogP) is 4.36. The van der Waals surface area contributed by atoms with Crippen LogP contribution in [0.3, 0.4) is 0 Å². The Labute approximate surface area is 161 Å². The molecule has 2 N–H and O–H groups in total. The number of hydrogen-bond acceptors (Lipinski definition) is 2. The van der Waals surface area contributed by atoms with Crippen molar-refractivity contribution in [1.29, 1.82) is 0 Å². The maximum Gasteiger partial charge on any atom is 0.227 e. The number of carbonyl (C=O) groups is 2. The van der Waals surface area contributed by atoms with E-state index in [1.807, 2.05) is 43.3 Å². The molecule has 0 aromatic heterocycles. The van der Waals surface area contributed by atoms with Gasteiger partial charge in [0.25, 0.3) is 0 Å². The second-order valence-electron chi connectivity index (χ2n) is 7.61. The van der Waals surface area contributed by atoms with Gasteiger partial charge < -0.3 is 10.6 Å². The van der Waals surface area contributed by atoms with Crippen LogP contribution >= 0.6 is 0 Å². The molecular formula is C23H28N2O2. The molecule has 0 radical (unpaired) electrons. The molecule has 0 heterocycles. The van der Waals surface area contributed by atoms with Gasteiger partial charge in [0.1, 0.15) is 0 Å². The van der Waals surface area contributed by atoms with E-state index in [-0.39, 0.29) is 23.7 Å². The molecule has 1 fully saturated rings. The fourth-order valence-corrected chi connectivity index (χ4v) is 3.74. The van der Waals surface area contributed by atoms with Gasteiger partial charge in [-0.3, -0.25) is 9.59 Å². The van der Waals surface area contributed by atoms with E-state index in [1.165, 1.54) is 5.56 Å². The molecule has 4 nitrogen and oxygen atoms in total. The van der Waals surface area contributed by atoms with Gasteiger partial charge in [-0.15, -0.1) is 0 Å².